The molecule has 0 N–H and O–H groups in total. The van der Waals surface area contributed by atoms with Crippen molar-refractivity contribution in [3.63, 3.8) is 0 Å². The van der Waals surface area contributed by atoms with Crippen LogP contribution in [-0.2, 0) is 4.74 Å². The van der Waals surface area contributed by atoms with Crippen LogP contribution in [0.25, 0.3) is 0 Å². The molecular formula is C9H20OSi. The highest BCUT2D eigenvalue weighted by Crippen LogP contribution is 2.39. The van der Waals surface area contributed by atoms with Gasteiger partial charge < -0.3 is 4.74 Å². The molecular weight excluding hydrogens is 152 g/mol. The first-order chi connectivity index (χ1) is 4.73. The number of rotatable bonds is 2. The SMILES string of the molecule is C=C(OC)[Si](C)(C)C(C)(C)C. The third kappa shape index (κ3) is 2.09. The summed E-state index contributed by atoms with van der Waals surface area (Å²) in [6, 6.07) is 0. The Kier molecular flexibility index (Phi) is 2.95. The lowest BCUT2D eigenvalue weighted by molar-refractivity contribution is 0.314. The Morgan fingerprint density at radius 1 is 1.27 bits per heavy atom. The fraction of sp³-hybridized carbons (Fsp3) is 0.778. The molecule has 0 aromatic heterocycles. The Morgan fingerprint density at radius 2 is 1.64 bits per heavy atom. The minimum Gasteiger partial charge on any atom is -0.507 e. The predicted octanol–water partition coefficient (Wildman–Crippen LogP) is 3.19. The van der Waals surface area contributed by atoms with Crippen molar-refractivity contribution >= 4 is 8.07 Å². The first kappa shape index (κ1) is 10.8. The zero-order valence-electron chi connectivity index (χ0n) is 8.62. The summed E-state index contributed by atoms with van der Waals surface area (Å²) in [7, 11) is 0.286. The van der Waals surface area contributed by atoms with E-state index < -0.39 is 8.07 Å². The molecule has 0 spiro atoms. The van der Waals surface area contributed by atoms with Crippen molar-refractivity contribution in [3.05, 3.63) is 12.0 Å². The van der Waals surface area contributed by atoms with E-state index in [1.54, 1.807) is 7.11 Å². The van der Waals surface area contributed by atoms with Crippen LogP contribution in [0, 0.1) is 0 Å². The summed E-state index contributed by atoms with van der Waals surface area (Å²) in [5, 5.41) is 1.32. The van der Waals surface area contributed by atoms with E-state index in [9.17, 15) is 0 Å². The predicted molar refractivity (Wildman–Crippen MR) is 53.3 cm³/mol. The normalized spacial score (nSPS) is 12.9. The van der Waals surface area contributed by atoms with E-state index in [4.69, 9.17) is 4.74 Å². The van der Waals surface area contributed by atoms with Gasteiger partial charge in [-0.25, -0.2) is 0 Å². The van der Waals surface area contributed by atoms with Crippen LogP contribution in [0.1, 0.15) is 20.8 Å². The van der Waals surface area contributed by atoms with Gasteiger partial charge in [-0.1, -0.05) is 40.4 Å². The highest BCUT2D eigenvalue weighted by Gasteiger charge is 2.38. The molecule has 0 aliphatic carbocycles. The summed E-state index contributed by atoms with van der Waals surface area (Å²) in [6.45, 7) is 15.3. The highest BCUT2D eigenvalue weighted by atomic mass is 28.3. The van der Waals surface area contributed by atoms with Gasteiger partial charge in [-0.3, -0.25) is 0 Å². The Morgan fingerprint density at radius 3 is 1.73 bits per heavy atom. The van der Waals surface area contributed by atoms with Crippen LogP contribution >= 0.6 is 0 Å². The standard InChI is InChI=1S/C9H20OSi/c1-8(10-5)11(6,7)9(2,3)4/h1H2,2-7H3. The molecule has 0 unspecified atom stereocenters. The molecule has 0 atom stereocenters. The van der Waals surface area contributed by atoms with E-state index >= 15 is 0 Å². The second-order valence-electron chi connectivity index (χ2n) is 4.50. The number of hydrogen-bond donors (Lipinski definition) is 0. The van der Waals surface area contributed by atoms with E-state index in [0.717, 1.165) is 5.38 Å². The summed E-state index contributed by atoms with van der Waals surface area (Å²) in [6.07, 6.45) is 0. The third-order valence-electron chi connectivity index (χ3n) is 2.82. The second kappa shape index (κ2) is 3.01. The van der Waals surface area contributed by atoms with Crippen LogP contribution in [0.5, 0.6) is 0 Å². The van der Waals surface area contributed by atoms with Gasteiger partial charge >= 0.3 is 0 Å². The van der Waals surface area contributed by atoms with Gasteiger partial charge in [0.15, 0.2) is 0 Å². The molecule has 0 fully saturated rings. The van der Waals surface area contributed by atoms with Gasteiger partial charge in [0.25, 0.3) is 0 Å². The molecule has 0 aliphatic rings. The van der Waals surface area contributed by atoms with Crippen molar-refractivity contribution in [2.75, 3.05) is 7.11 Å². The van der Waals surface area contributed by atoms with Crippen LogP contribution in [0.15, 0.2) is 12.0 Å². The molecule has 0 bridgehead atoms. The summed E-state index contributed by atoms with van der Waals surface area (Å²) in [5.41, 5.74) is 0. The van der Waals surface area contributed by atoms with Crippen molar-refractivity contribution in [2.45, 2.75) is 38.9 Å². The first-order valence-electron chi connectivity index (χ1n) is 3.97. The van der Waals surface area contributed by atoms with E-state index in [0.29, 0.717) is 5.04 Å². The first-order valence-corrected chi connectivity index (χ1v) is 6.97. The summed E-state index contributed by atoms with van der Waals surface area (Å²) in [4.78, 5) is 0. The Hall–Kier alpha value is -0.243. The number of methoxy groups -OCH3 is 1. The van der Waals surface area contributed by atoms with Gasteiger partial charge in [0.1, 0.15) is 8.07 Å². The summed E-state index contributed by atoms with van der Waals surface area (Å²) < 4.78 is 5.21. The maximum atomic E-state index is 5.21. The molecule has 1 nitrogen and oxygen atoms in total. The molecule has 0 amide bonds. The zero-order valence-corrected chi connectivity index (χ0v) is 9.62. The van der Waals surface area contributed by atoms with Gasteiger partial charge in [-0.2, -0.15) is 0 Å². The molecule has 2 heteroatoms. The Labute approximate surface area is 71.5 Å². The maximum absolute atomic E-state index is 5.21. The van der Waals surface area contributed by atoms with Gasteiger partial charge in [0.05, 0.1) is 12.5 Å². The van der Waals surface area contributed by atoms with Gasteiger partial charge in [-0.15, -0.1) is 0 Å². The molecule has 0 aliphatic heterocycles. The number of ether oxygens (including phenoxy) is 1. The van der Waals surface area contributed by atoms with E-state index in [1.165, 1.54) is 0 Å². The van der Waals surface area contributed by atoms with Crippen LogP contribution in [0.4, 0.5) is 0 Å². The average Bonchev–Trinajstić information content (AvgIpc) is 1.83. The van der Waals surface area contributed by atoms with Crippen molar-refractivity contribution in [2.24, 2.45) is 0 Å². The quantitative estimate of drug-likeness (QED) is 0.459. The summed E-state index contributed by atoms with van der Waals surface area (Å²) >= 11 is 0. The lowest BCUT2D eigenvalue weighted by Gasteiger charge is -2.36. The fourth-order valence-corrected chi connectivity index (χ4v) is 2.02. The lowest BCUT2D eigenvalue weighted by atomic mass is 10.2. The highest BCUT2D eigenvalue weighted by molar-refractivity contribution is 6.86. The van der Waals surface area contributed by atoms with Gasteiger partial charge in [0.2, 0.25) is 0 Å². The molecule has 0 aromatic carbocycles. The molecule has 0 rings (SSSR count). The zero-order chi connectivity index (χ0) is 9.28. The van der Waals surface area contributed by atoms with Crippen molar-refractivity contribution in [1.82, 2.24) is 0 Å². The molecule has 66 valence electrons. The smallest absolute Gasteiger partial charge is 0.129 e. The molecule has 0 aromatic rings. The molecule has 0 heterocycles. The molecule has 11 heavy (non-hydrogen) atoms. The molecule has 0 saturated carbocycles. The van der Waals surface area contributed by atoms with Crippen LogP contribution < -0.4 is 0 Å². The van der Waals surface area contributed by atoms with Crippen molar-refractivity contribution in [3.8, 4) is 0 Å². The summed E-state index contributed by atoms with van der Waals surface area (Å²) in [5.74, 6) is 0. The van der Waals surface area contributed by atoms with E-state index in [-0.39, 0.29) is 0 Å². The Balaban J connectivity index is 4.59. The van der Waals surface area contributed by atoms with Crippen molar-refractivity contribution < 1.29 is 4.74 Å². The average molecular weight is 172 g/mol. The van der Waals surface area contributed by atoms with Crippen molar-refractivity contribution in [1.29, 1.82) is 0 Å². The molecule has 0 saturated heterocycles. The monoisotopic (exact) mass is 172 g/mol. The fourth-order valence-electron chi connectivity index (χ4n) is 0.673. The third-order valence-corrected chi connectivity index (χ3v) is 8.17. The lowest BCUT2D eigenvalue weighted by Crippen LogP contribution is -2.39. The van der Waals surface area contributed by atoms with E-state index in [2.05, 4.69) is 40.4 Å². The number of hydrogen-bond acceptors (Lipinski definition) is 1. The topological polar surface area (TPSA) is 9.23 Å². The maximum Gasteiger partial charge on any atom is 0.129 e. The Bertz CT molecular complexity index is 153. The van der Waals surface area contributed by atoms with Gasteiger partial charge in [-0.05, 0) is 5.04 Å². The largest absolute Gasteiger partial charge is 0.507 e. The van der Waals surface area contributed by atoms with Crippen LogP contribution in [0.3, 0.4) is 0 Å². The molecule has 0 radical (unpaired) electrons. The van der Waals surface area contributed by atoms with Gasteiger partial charge in [0, 0.05) is 0 Å². The minimum absolute atomic E-state index is 0.333. The van der Waals surface area contributed by atoms with Crippen LogP contribution in [-0.4, -0.2) is 15.2 Å². The minimum atomic E-state index is -1.42. The van der Waals surface area contributed by atoms with E-state index in [1.807, 2.05) is 0 Å². The second-order valence-corrected chi connectivity index (χ2v) is 9.81. The van der Waals surface area contributed by atoms with Crippen LogP contribution in [0.2, 0.25) is 18.1 Å².